The zero-order valence-electron chi connectivity index (χ0n) is 23.9. The van der Waals surface area contributed by atoms with E-state index in [-0.39, 0.29) is 0 Å². The van der Waals surface area contributed by atoms with E-state index in [4.69, 9.17) is 0 Å². The summed E-state index contributed by atoms with van der Waals surface area (Å²) in [4.78, 5) is 1.43. The first kappa shape index (κ1) is 24.8. The van der Waals surface area contributed by atoms with E-state index < -0.39 is 0 Å². The Hall–Kier alpha value is -4.63. The van der Waals surface area contributed by atoms with Crippen LogP contribution in [0.2, 0.25) is 0 Å². The summed E-state index contributed by atoms with van der Waals surface area (Å²) in [6.07, 6.45) is 7.94. The highest BCUT2D eigenvalue weighted by molar-refractivity contribution is 8.01. The normalized spacial score (nSPS) is 15.8. The first-order valence-corrected chi connectivity index (χ1v) is 17.0. The second-order valence-corrected chi connectivity index (χ2v) is 14.2. The molecule has 0 fully saturated rings. The third kappa shape index (κ3) is 3.53. The molecule has 206 valence electrons. The number of thioether (sulfide) groups is 1. The topological polar surface area (TPSA) is 0 Å². The number of hydrogen-bond donors (Lipinski definition) is 0. The van der Waals surface area contributed by atoms with E-state index in [0.717, 1.165) is 6.42 Å². The zero-order valence-corrected chi connectivity index (χ0v) is 25.5. The van der Waals surface area contributed by atoms with Gasteiger partial charge in [0.25, 0.3) is 0 Å². The van der Waals surface area contributed by atoms with E-state index in [0.29, 0.717) is 5.25 Å². The average Bonchev–Trinajstić information content (AvgIpc) is 3.67. The number of benzene rings is 7. The van der Waals surface area contributed by atoms with E-state index in [9.17, 15) is 0 Å². The predicted molar refractivity (Wildman–Crippen MR) is 194 cm³/mol. The summed E-state index contributed by atoms with van der Waals surface area (Å²) in [6, 6.07) is 45.6. The minimum atomic E-state index is 0.536. The summed E-state index contributed by atoms with van der Waals surface area (Å²) in [6.45, 7) is 0. The molecule has 1 aromatic heterocycles. The highest BCUT2D eigenvalue weighted by Gasteiger charge is 2.30. The summed E-state index contributed by atoms with van der Waals surface area (Å²) >= 11 is 3.94. The van der Waals surface area contributed by atoms with Crippen molar-refractivity contribution in [3.8, 4) is 22.3 Å². The molecule has 0 saturated heterocycles. The van der Waals surface area contributed by atoms with Gasteiger partial charge in [-0.1, -0.05) is 121 Å². The molecule has 2 heterocycles. The quantitative estimate of drug-likeness (QED) is 0.179. The van der Waals surface area contributed by atoms with Crippen molar-refractivity contribution < 1.29 is 0 Å². The van der Waals surface area contributed by atoms with Gasteiger partial charge in [-0.15, -0.1) is 23.1 Å². The van der Waals surface area contributed by atoms with Crippen LogP contribution in [-0.2, 0) is 0 Å². The lowest BCUT2D eigenvalue weighted by Gasteiger charge is -2.15. The number of rotatable bonds is 2. The molecule has 1 aliphatic heterocycles. The van der Waals surface area contributed by atoms with Crippen molar-refractivity contribution in [3.05, 3.63) is 145 Å². The summed E-state index contributed by atoms with van der Waals surface area (Å²) < 4.78 is 2.71. The molecule has 1 atom stereocenters. The van der Waals surface area contributed by atoms with Gasteiger partial charge in [0.1, 0.15) is 0 Å². The average molecular weight is 595 g/mol. The first-order chi connectivity index (χ1) is 21.8. The highest BCUT2D eigenvalue weighted by atomic mass is 32.2. The van der Waals surface area contributed by atoms with E-state index in [2.05, 4.69) is 140 Å². The summed E-state index contributed by atoms with van der Waals surface area (Å²) in [5.74, 6) is 0. The van der Waals surface area contributed by atoms with Gasteiger partial charge < -0.3 is 0 Å². The Kier molecular flexibility index (Phi) is 5.31. The number of thiophene rings is 1. The fraction of sp³-hybridized carbons (Fsp3) is 0.0476. The van der Waals surface area contributed by atoms with E-state index in [1.54, 1.807) is 0 Å². The minimum Gasteiger partial charge on any atom is -0.135 e. The zero-order chi connectivity index (χ0) is 28.8. The Morgan fingerprint density at radius 3 is 1.91 bits per heavy atom. The predicted octanol–water partition coefficient (Wildman–Crippen LogP) is 12.7. The van der Waals surface area contributed by atoms with Crippen molar-refractivity contribution in [3.63, 3.8) is 0 Å². The lowest BCUT2D eigenvalue weighted by molar-refractivity contribution is 1.09. The van der Waals surface area contributed by atoms with Crippen molar-refractivity contribution >= 4 is 81.2 Å². The van der Waals surface area contributed by atoms with Gasteiger partial charge in [-0.25, -0.2) is 0 Å². The van der Waals surface area contributed by atoms with Gasteiger partial charge in [0.2, 0.25) is 0 Å². The molecule has 0 bridgehead atoms. The molecule has 2 aliphatic rings. The molecule has 10 rings (SSSR count). The molecule has 7 aromatic carbocycles. The molecule has 8 aromatic rings. The first-order valence-electron chi connectivity index (χ1n) is 15.3. The van der Waals surface area contributed by atoms with Crippen LogP contribution in [0.25, 0.3) is 80.3 Å². The molecular formula is C42H26S2. The number of allylic oxidation sites excluding steroid dienone is 3. The molecule has 0 saturated carbocycles. The van der Waals surface area contributed by atoms with Crippen LogP contribution in [0.4, 0.5) is 0 Å². The smallest absolute Gasteiger partial charge is 0.0433 e. The molecular weight excluding hydrogens is 569 g/mol. The standard InChI is InChI=1S/C42H26S2/c1-2-10-30-29(9-1)37-23-25(27-13-7-15-35-33-11-3-5-17-39(33)43-41(27)35)19-21-31(37)32-22-20-26(24-38(30)32)28-14-8-16-36-34-12-4-6-18-40(34)44-42(28)36/h1-17,19-24,40H,18H2. The van der Waals surface area contributed by atoms with Gasteiger partial charge >= 0.3 is 0 Å². The van der Waals surface area contributed by atoms with Crippen molar-refractivity contribution in [1.29, 1.82) is 0 Å². The molecule has 2 heteroatoms. The van der Waals surface area contributed by atoms with Crippen LogP contribution in [0, 0.1) is 0 Å². The number of fused-ring (bicyclic) bond motifs is 12. The Morgan fingerprint density at radius 2 is 1.11 bits per heavy atom. The van der Waals surface area contributed by atoms with Crippen LogP contribution >= 0.6 is 23.1 Å². The monoisotopic (exact) mass is 594 g/mol. The highest BCUT2D eigenvalue weighted by Crippen LogP contribution is 2.52. The van der Waals surface area contributed by atoms with Crippen LogP contribution < -0.4 is 0 Å². The van der Waals surface area contributed by atoms with Gasteiger partial charge in [-0.05, 0) is 90.3 Å². The van der Waals surface area contributed by atoms with Gasteiger partial charge in [0, 0.05) is 30.3 Å². The molecule has 0 radical (unpaired) electrons. The minimum absolute atomic E-state index is 0.536. The molecule has 0 N–H and O–H groups in total. The SMILES string of the molecule is C1=CCC2Sc3c(cccc3-c3ccc4c5ccc(-c6cccc7c6sc6ccccc67)cc5c5ccccc5c4c3)C2=C1. The Balaban J connectivity index is 1.19. The van der Waals surface area contributed by atoms with Crippen molar-refractivity contribution in [2.45, 2.75) is 16.6 Å². The second-order valence-electron chi connectivity index (χ2n) is 11.9. The van der Waals surface area contributed by atoms with Crippen molar-refractivity contribution in [1.82, 2.24) is 0 Å². The summed E-state index contributed by atoms with van der Waals surface area (Å²) in [7, 11) is 0. The van der Waals surface area contributed by atoms with Gasteiger partial charge in [-0.3, -0.25) is 0 Å². The molecule has 0 nitrogen and oxygen atoms in total. The molecule has 0 spiro atoms. The third-order valence-electron chi connectivity index (χ3n) is 9.56. The maximum absolute atomic E-state index is 2.44. The Bertz CT molecular complexity index is 2540. The molecule has 0 amide bonds. The van der Waals surface area contributed by atoms with Crippen LogP contribution in [-0.4, -0.2) is 5.25 Å². The maximum atomic E-state index is 2.44. The number of hydrogen-bond acceptors (Lipinski definition) is 2. The fourth-order valence-electron chi connectivity index (χ4n) is 7.51. The van der Waals surface area contributed by atoms with Crippen molar-refractivity contribution in [2.75, 3.05) is 0 Å². The molecule has 1 aliphatic carbocycles. The van der Waals surface area contributed by atoms with Crippen LogP contribution in [0.1, 0.15) is 12.0 Å². The largest absolute Gasteiger partial charge is 0.135 e. The van der Waals surface area contributed by atoms with E-state index in [1.165, 1.54) is 90.8 Å². The lowest BCUT2D eigenvalue weighted by atomic mass is 9.89. The van der Waals surface area contributed by atoms with Gasteiger partial charge in [0.15, 0.2) is 0 Å². The van der Waals surface area contributed by atoms with E-state index in [1.807, 2.05) is 23.1 Å². The van der Waals surface area contributed by atoms with Crippen molar-refractivity contribution in [2.24, 2.45) is 0 Å². The van der Waals surface area contributed by atoms with Crippen LogP contribution in [0.5, 0.6) is 0 Å². The van der Waals surface area contributed by atoms with Gasteiger partial charge in [0.05, 0.1) is 0 Å². The Labute approximate surface area is 264 Å². The molecule has 44 heavy (non-hydrogen) atoms. The Morgan fingerprint density at radius 1 is 0.500 bits per heavy atom. The summed E-state index contributed by atoms with van der Waals surface area (Å²) in [5, 5.41) is 11.1. The molecule has 1 unspecified atom stereocenters. The third-order valence-corrected chi connectivity index (χ3v) is 12.2. The lowest BCUT2D eigenvalue weighted by Crippen LogP contribution is -2.00. The van der Waals surface area contributed by atoms with Crippen LogP contribution in [0.3, 0.4) is 0 Å². The van der Waals surface area contributed by atoms with E-state index >= 15 is 0 Å². The summed E-state index contributed by atoms with van der Waals surface area (Å²) in [5.41, 5.74) is 8.12. The van der Waals surface area contributed by atoms with Gasteiger partial charge in [-0.2, -0.15) is 0 Å². The van der Waals surface area contributed by atoms with Crippen LogP contribution in [0.15, 0.2) is 144 Å². The maximum Gasteiger partial charge on any atom is 0.0433 e. The fourth-order valence-corrected chi connectivity index (χ4v) is 10.2. The second kappa shape index (κ2) is 9.43.